The van der Waals surface area contributed by atoms with Crippen LogP contribution >= 0.6 is 0 Å². The molecular weight excluding hydrogens is 308 g/mol. The molecule has 1 aliphatic rings. The fourth-order valence-electron chi connectivity index (χ4n) is 1.74. The van der Waals surface area contributed by atoms with E-state index < -0.39 is 0 Å². The quantitative estimate of drug-likeness (QED) is 0.640. The van der Waals surface area contributed by atoms with E-state index >= 15 is 0 Å². The van der Waals surface area contributed by atoms with E-state index in [2.05, 4.69) is 4.99 Å². The van der Waals surface area contributed by atoms with Gasteiger partial charge in [0, 0.05) is 5.56 Å². The second-order valence-electron chi connectivity index (χ2n) is 4.02. The third kappa shape index (κ3) is 3.92. The van der Waals surface area contributed by atoms with E-state index in [9.17, 15) is 4.79 Å². The lowest BCUT2D eigenvalue weighted by Gasteiger charge is -2.05. The molecule has 1 aliphatic heterocycles. The van der Waals surface area contributed by atoms with Crippen molar-refractivity contribution in [1.29, 1.82) is 0 Å². The van der Waals surface area contributed by atoms with E-state index in [4.69, 9.17) is 4.74 Å². The van der Waals surface area contributed by atoms with E-state index in [1.54, 1.807) is 18.3 Å². The van der Waals surface area contributed by atoms with Crippen LogP contribution in [-0.2, 0) is 0 Å². The maximum atomic E-state index is 12.1. The number of ketones is 1. The van der Waals surface area contributed by atoms with Crippen molar-refractivity contribution in [2.24, 2.45) is 0 Å². The minimum absolute atomic E-state index is 0. The zero-order chi connectivity index (χ0) is 13.0. The minimum Gasteiger partial charge on any atom is -1.00 e. The summed E-state index contributed by atoms with van der Waals surface area (Å²) >= 11 is 0. The summed E-state index contributed by atoms with van der Waals surface area (Å²) in [7, 11) is 1.88. The van der Waals surface area contributed by atoms with Gasteiger partial charge in [0.2, 0.25) is 0 Å². The number of carbonyl (C=O) groups is 1. The normalized spacial score (nSPS) is 12.9. The number of ether oxygens (including phenoxy) is 1. The Morgan fingerprint density at radius 1 is 1.42 bits per heavy atom. The van der Waals surface area contributed by atoms with Crippen LogP contribution in [0.4, 0.5) is 0 Å². The van der Waals surface area contributed by atoms with Gasteiger partial charge in [-0.15, -0.1) is 0 Å². The molecule has 0 fully saturated rings. The topological polar surface area (TPSA) is 43.6 Å². The smallest absolute Gasteiger partial charge is 0.306 e. The zero-order valence-corrected chi connectivity index (χ0v) is 12.6. The standard InChI is InChI=1S/C14H16N2O2.BrH/c1-3-18-12-6-4-5-11(9-12)13(17)10-14-15-7-8-16(14)2;/h4-9H,3,10H2,1-2H3;1H/q+1;/p-1. The largest absolute Gasteiger partial charge is 1.00 e. The molecule has 4 nitrogen and oxygen atoms in total. The van der Waals surface area contributed by atoms with Crippen molar-refractivity contribution in [2.75, 3.05) is 13.7 Å². The van der Waals surface area contributed by atoms with Gasteiger partial charge in [-0.1, -0.05) is 17.1 Å². The Balaban J connectivity index is 0.00000180. The maximum absolute atomic E-state index is 12.1. The van der Waals surface area contributed by atoms with Crippen molar-refractivity contribution in [3.8, 4) is 5.75 Å². The first kappa shape index (κ1) is 15.4. The van der Waals surface area contributed by atoms with Crippen molar-refractivity contribution in [3.05, 3.63) is 42.2 Å². The van der Waals surface area contributed by atoms with Gasteiger partial charge in [-0.2, -0.15) is 0 Å². The Morgan fingerprint density at radius 2 is 2.21 bits per heavy atom. The van der Waals surface area contributed by atoms with Crippen molar-refractivity contribution < 1.29 is 26.5 Å². The number of aliphatic imine (C=N–C) groups is 1. The lowest BCUT2D eigenvalue weighted by Crippen LogP contribution is -3.00. The van der Waals surface area contributed by atoms with Crippen molar-refractivity contribution in [2.45, 2.75) is 13.3 Å². The summed E-state index contributed by atoms with van der Waals surface area (Å²) in [6.45, 7) is 2.51. The van der Waals surface area contributed by atoms with Crippen LogP contribution in [0.15, 0.2) is 36.7 Å². The number of carbonyl (C=O) groups excluding carboxylic acids is 1. The number of rotatable bonds is 5. The molecule has 0 spiro atoms. The molecule has 0 saturated heterocycles. The van der Waals surface area contributed by atoms with Gasteiger partial charge in [0.05, 0.1) is 13.7 Å². The van der Waals surface area contributed by atoms with E-state index in [1.807, 2.05) is 37.2 Å². The molecule has 1 heterocycles. The average molecular weight is 324 g/mol. The molecule has 0 unspecified atom stereocenters. The van der Waals surface area contributed by atoms with E-state index in [0.717, 1.165) is 11.6 Å². The highest BCUT2D eigenvalue weighted by atomic mass is 79.9. The molecule has 1 aromatic rings. The Morgan fingerprint density at radius 3 is 2.84 bits per heavy atom. The first-order chi connectivity index (χ1) is 8.70. The Labute approximate surface area is 123 Å². The van der Waals surface area contributed by atoms with Crippen LogP contribution in [0, 0.1) is 0 Å². The van der Waals surface area contributed by atoms with Gasteiger partial charge in [0.25, 0.3) is 0 Å². The second kappa shape index (κ2) is 7.09. The monoisotopic (exact) mass is 323 g/mol. The third-order valence-corrected chi connectivity index (χ3v) is 2.71. The molecule has 0 aromatic heterocycles. The molecule has 0 bridgehead atoms. The minimum atomic E-state index is 0. The van der Waals surface area contributed by atoms with Gasteiger partial charge in [-0.25, -0.2) is 4.90 Å². The molecule has 0 atom stereocenters. The van der Waals surface area contributed by atoms with Gasteiger partial charge < -0.3 is 21.7 Å². The Kier molecular flexibility index (Phi) is 5.76. The van der Waals surface area contributed by atoms with Crippen molar-refractivity contribution in [1.82, 2.24) is 9.89 Å². The number of halogens is 1. The van der Waals surface area contributed by atoms with Gasteiger partial charge in [0.15, 0.2) is 12.0 Å². The Hall–Kier alpha value is -1.62. The Bertz CT molecular complexity index is 512. The van der Waals surface area contributed by atoms with E-state index in [-0.39, 0.29) is 22.8 Å². The molecule has 19 heavy (non-hydrogen) atoms. The summed E-state index contributed by atoms with van der Waals surface area (Å²) in [5.41, 5.74) is 0.656. The lowest BCUT2D eigenvalue weighted by molar-refractivity contribution is -0.0000124. The van der Waals surface area contributed by atoms with Crippen LogP contribution in [0.1, 0.15) is 23.7 Å². The number of Topliss-reactive ketones (excluding diaryl/α,β-unsaturated/α-hetero) is 1. The third-order valence-electron chi connectivity index (χ3n) is 2.71. The summed E-state index contributed by atoms with van der Waals surface area (Å²) in [5, 5.41) is 0. The molecule has 0 amide bonds. The number of hydrogen-bond donors (Lipinski definition) is 0. The summed E-state index contributed by atoms with van der Waals surface area (Å²) in [4.78, 5) is 18.1. The van der Waals surface area contributed by atoms with Crippen LogP contribution in [0.25, 0.3) is 0 Å². The molecule has 5 heteroatoms. The fraction of sp³-hybridized carbons (Fsp3) is 0.286. The van der Waals surface area contributed by atoms with Crippen LogP contribution in [0.2, 0.25) is 0 Å². The van der Waals surface area contributed by atoms with Crippen LogP contribution < -0.4 is 26.7 Å². The summed E-state index contributed by atoms with van der Waals surface area (Å²) in [6, 6.07) is 7.25. The highest BCUT2D eigenvalue weighted by Crippen LogP contribution is 2.15. The van der Waals surface area contributed by atoms with Crippen molar-refractivity contribution >= 4 is 11.6 Å². The molecule has 101 valence electrons. The van der Waals surface area contributed by atoms with Crippen molar-refractivity contribution in [3.63, 3.8) is 0 Å². The van der Waals surface area contributed by atoms with Crippen LogP contribution in [-0.4, -0.2) is 30.2 Å². The summed E-state index contributed by atoms with van der Waals surface area (Å²) in [5.74, 6) is 1.54. The number of hydrogen-bond acceptors (Lipinski definition) is 4. The maximum Gasteiger partial charge on any atom is 0.306 e. The van der Waals surface area contributed by atoms with Crippen LogP contribution in [0.3, 0.4) is 0 Å². The number of benzene rings is 1. The summed E-state index contributed by atoms with van der Waals surface area (Å²) < 4.78 is 5.38. The first-order valence-electron chi connectivity index (χ1n) is 5.93. The molecule has 0 N–H and O–H groups in total. The predicted molar refractivity (Wildman–Crippen MR) is 70.6 cm³/mol. The fourth-order valence-corrected chi connectivity index (χ4v) is 1.74. The molecular formula is C14H16BrN2O2. The molecule has 0 aliphatic carbocycles. The first-order valence-corrected chi connectivity index (χ1v) is 5.93. The van der Waals surface area contributed by atoms with Gasteiger partial charge >= 0.3 is 5.84 Å². The average Bonchev–Trinajstić information content (AvgIpc) is 2.76. The predicted octanol–water partition coefficient (Wildman–Crippen LogP) is -1.19. The number of amidine groups is 1. The highest BCUT2D eigenvalue weighted by molar-refractivity contribution is 6.09. The van der Waals surface area contributed by atoms with E-state index in [0.29, 0.717) is 18.6 Å². The molecule has 0 saturated carbocycles. The number of nitrogens with zero attached hydrogens (tertiary/aromatic N) is 2. The molecule has 2 rings (SSSR count). The summed E-state index contributed by atoms with van der Waals surface area (Å²) in [6.07, 6.45) is 3.83. The van der Waals surface area contributed by atoms with Gasteiger partial charge in [-0.3, -0.25) is 4.79 Å². The molecule has 1 radical (unpaired) electrons. The second-order valence-corrected chi connectivity index (χ2v) is 4.02. The van der Waals surface area contributed by atoms with E-state index in [1.165, 1.54) is 0 Å². The molecule has 1 aromatic carbocycles. The highest BCUT2D eigenvalue weighted by Gasteiger charge is 2.23. The van der Waals surface area contributed by atoms with Gasteiger partial charge in [0.1, 0.15) is 18.4 Å². The zero-order valence-electron chi connectivity index (χ0n) is 11.0. The lowest BCUT2D eigenvalue weighted by atomic mass is 10.1. The SMILES string of the molecule is CCOc1cccc(C(=O)CC2=[N+]C=CN2C)c1.[Br-]. The van der Waals surface area contributed by atoms with Crippen LogP contribution in [0.5, 0.6) is 5.75 Å². The van der Waals surface area contributed by atoms with Gasteiger partial charge in [-0.05, 0) is 19.1 Å².